The smallest absolute Gasteiger partial charge is 0.266 e. The molecule has 0 saturated heterocycles. The molecule has 9 aromatic rings. The van der Waals surface area contributed by atoms with Crippen LogP contribution in [0.1, 0.15) is 48.5 Å². The van der Waals surface area contributed by atoms with Crippen molar-refractivity contribution in [2.45, 2.75) is 19.6 Å². The highest BCUT2D eigenvalue weighted by Gasteiger charge is 2.16. The van der Waals surface area contributed by atoms with Crippen molar-refractivity contribution in [2.24, 2.45) is 0 Å². The molecule has 0 spiro atoms. The Bertz CT molecular complexity index is 3870. The van der Waals surface area contributed by atoms with E-state index in [1.807, 2.05) is 72.6 Å². The van der Waals surface area contributed by atoms with Crippen LogP contribution in [0.2, 0.25) is 0 Å². The molecule has 4 heterocycles. The molecule has 76 heavy (non-hydrogen) atoms. The Morgan fingerprint density at radius 3 is 1.99 bits per heavy atom. The van der Waals surface area contributed by atoms with E-state index in [1.165, 1.54) is 58.7 Å². The van der Waals surface area contributed by atoms with Crippen molar-refractivity contribution in [1.29, 1.82) is 0 Å². The lowest BCUT2D eigenvalue weighted by Gasteiger charge is -2.20. The zero-order chi connectivity index (χ0) is 53.6. The van der Waals surface area contributed by atoms with Gasteiger partial charge in [0.25, 0.3) is 22.9 Å². The fourth-order valence-corrected chi connectivity index (χ4v) is 7.77. The van der Waals surface area contributed by atoms with E-state index in [1.54, 1.807) is 38.4 Å². The molecule has 4 aromatic heterocycles. The van der Waals surface area contributed by atoms with Crippen LogP contribution in [0.3, 0.4) is 0 Å². The summed E-state index contributed by atoms with van der Waals surface area (Å²) in [5.74, 6) is 10.4. The number of ether oxygens (including phenoxy) is 1. The van der Waals surface area contributed by atoms with Crippen LogP contribution in [0, 0.1) is 41.1 Å². The Kier molecular flexibility index (Phi) is 16.8. The van der Waals surface area contributed by atoms with Gasteiger partial charge >= 0.3 is 0 Å². The monoisotopic (exact) mass is 1020 g/mol. The number of halogens is 3. The molecular formula is C57H46F3N11O5. The second kappa shape index (κ2) is 24.5. The van der Waals surface area contributed by atoms with Gasteiger partial charge in [-0.25, -0.2) is 38.1 Å². The summed E-state index contributed by atoms with van der Waals surface area (Å²) in [5, 5.41) is 9.92. The third kappa shape index (κ3) is 12.9. The maximum Gasteiger partial charge on any atom is 0.266 e. The van der Waals surface area contributed by atoms with Gasteiger partial charge in [-0.15, -0.1) is 0 Å². The lowest BCUT2D eigenvalue weighted by atomic mass is 10.1. The highest BCUT2D eigenvalue weighted by atomic mass is 19.2. The van der Waals surface area contributed by atoms with Gasteiger partial charge in [-0.1, -0.05) is 60.1 Å². The summed E-state index contributed by atoms with van der Waals surface area (Å²) < 4.78 is 48.4. The molecule has 0 aliphatic carbocycles. The summed E-state index contributed by atoms with van der Waals surface area (Å²) in [6.07, 6.45) is 6.95. The maximum absolute atomic E-state index is 13.9. The van der Waals surface area contributed by atoms with Crippen LogP contribution in [0.25, 0.3) is 21.8 Å². The highest BCUT2D eigenvalue weighted by Crippen LogP contribution is 2.25. The number of amides is 2. The number of hydrogen-bond donors (Lipinski definition) is 3. The molecule has 0 aliphatic heterocycles. The summed E-state index contributed by atoms with van der Waals surface area (Å²) in [5.41, 5.74) is 3.47. The zero-order valence-corrected chi connectivity index (χ0v) is 41.1. The van der Waals surface area contributed by atoms with Crippen LogP contribution < -0.4 is 36.7 Å². The van der Waals surface area contributed by atoms with Crippen LogP contribution in [0.4, 0.5) is 24.8 Å². The van der Waals surface area contributed by atoms with Crippen LogP contribution in [0.15, 0.2) is 156 Å². The lowest BCUT2D eigenvalue weighted by molar-refractivity contribution is 0.0948. The number of rotatable bonds is 13. The Hall–Kier alpha value is -10.1. The number of carbonyl (C=O) groups excluding carboxylic acids is 2. The molecule has 16 nitrogen and oxygen atoms in total. The molecule has 0 saturated carbocycles. The molecule has 0 fully saturated rings. The number of carbonyl (C=O) groups is 2. The third-order valence-electron chi connectivity index (χ3n) is 11.6. The first-order valence-corrected chi connectivity index (χ1v) is 23.4. The number of pyridine rings is 1. The summed E-state index contributed by atoms with van der Waals surface area (Å²) in [6.45, 7) is 0.617. The summed E-state index contributed by atoms with van der Waals surface area (Å²) in [7, 11) is 5.36. The predicted molar refractivity (Wildman–Crippen MR) is 282 cm³/mol. The van der Waals surface area contributed by atoms with Crippen molar-refractivity contribution in [2.75, 3.05) is 44.5 Å². The van der Waals surface area contributed by atoms with Gasteiger partial charge in [0.05, 0.1) is 50.6 Å². The van der Waals surface area contributed by atoms with E-state index >= 15 is 0 Å². The van der Waals surface area contributed by atoms with Gasteiger partial charge in [-0.3, -0.25) is 23.7 Å². The first kappa shape index (κ1) is 52.2. The zero-order valence-electron chi connectivity index (χ0n) is 41.1. The van der Waals surface area contributed by atoms with Crippen molar-refractivity contribution >= 4 is 45.3 Å². The minimum absolute atomic E-state index is 0.00387. The van der Waals surface area contributed by atoms with Gasteiger partial charge in [0.2, 0.25) is 0 Å². The van der Waals surface area contributed by atoms with Crippen LogP contribution in [-0.2, 0) is 19.6 Å². The summed E-state index contributed by atoms with van der Waals surface area (Å²) in [4.78, 5) is 73.9. The Morgan fingerprint density at radius 1 is 0.658 bits per heavy atom. The van der Waals surface area contributed by atoms with Crippen LogP contribution >= 0.6 is 0 Å². The van der Waals surface area contributed by atoms with Gasteiger partial charge in [0, 0.05) is 60.5 Å². The number of aromatic nitrogens is 7. The largest absolute Gasteiger partial charge is 0.497 e. The molecule has 5 aromatic carbocycles. The minimum atomic E-state index is -1.01. The summed E-state index contributed by atoms with van der Waals surface area (Å²) in [6, 6.07) is 31.4. The second-order valence-electron chi connectivity index (χ2n) is 16.7. The normalized spacial score (nSPS) is 10.5. The van der Waals surface area contributed by atoms with Crippen molar-refractivity contribution in [1.82, 2.24) is 44.7 Å². The average Bonchev–Trinajstić information content (AvgIpc) is 3.44. The van der Waals surface area contributed by atoms with Gasteiger partial charge < -0.3 is 30.2 Å². The molecule has 2 amide bonds. The van der Waals surface area contributed by atoms with Crippen molar-refractivity contribution in [3.05, 3.63) is 224 Å². The van der Waals surface area contributed by atoms with Crippen molar-refractivity contribution < 1.29 is 27.5 Å². The van der Waals surface area contributed by atoms with Gasteiger partial charge in [-0.05, 0) is 90.0 Å². The number of nitrogens with zero attached hydrogens (tertiary/aromatic N) is 8. The lowest BCUT2D eigenvalue weighted by Crippen LogP contribution is -2.33. The van der Waals surface area contributed by atoms with E-state index in [-0.39, 0.29) is 37.3 Å². The molecule has 9 rings (SSSR count). The van der Waals surface area contributed by atoms with Crippen LogP contribution in [0.5, 0.6) is 5.75 Å². The minimum Gasteiger partial charge on any atom is -0.497 e. The number of benzene rings is 5. The highest BCUT2D eigenvalue weighted by molar-refractivity contribution is 5.95. The van der Waals surface area contributed by atoms with E-state index in [2.05, 4.69) is 64.6 Å². The number of anilines is 2. The Morgan fingerprint density at radius 2 is 1.30 bits per heavy atom. The topological polar surface area (TPSA) is 191 Å². The van der Waals surface area contributed by atoms with E-state index in [4.69, 9.17) is 4.74 Å². The van der Waals surface area contributed by atoms with E-state index in [0.717, 1.165) is 56.6 Å². The fourth-order valence-electron chi connectivity index (χ4n) is 7.77. The first-order chi connectivity index (χ1) is 36.9. The Labute approximate surface area is 433 Å². The quantitative estimate of drug-likeness (QED) is 0.103. The molecule has 380 valence electrons. The van der Waals surface area contributed by atoms with Gasteiger partial charge in [0.1, 0.15) is 47.0 Å². The van der Waals surface area contributed by atoms with Crippen molar-refractivity contribution in [3.63, 3.8) is 0 Å². The van der Waals surface area contributed by atoms with Gasteiger partial charge in [0.15, 0.2) is 11.6 Å². The molecule has 0 atom stereocenters. The number of methoxy groups -OCH3 is 1. The molecule has 3 N–H and O–H groups in total. The van der Waals surface area contributed by atoms with Crippen molar-refractivity contribution in [3.8, 4) is 29.4 Å². The summed E-state index contributed by atoms with van der Waals surface area (Å²) >= 11 is 0. The predicted octanol–water partition coefficient (Wildman–Crippen LogP) is 6.74. The fraction of sp³-hybridized carbons (Fsp3) is 0.140. The standard InChI is InChI=1S/C33H27F2N5O3.C24H19FN6O2/c1-39(19-23-7-11-25(43-2)12-8-23)31-27-17-22(10-14-30(27)37-21-38-31)5-3-15-36-32(41)26-6-4-16-40(33(26)42)20-24-9-13-28(34)29(35)18-24;1-26-22-18-11-16(8-9-21(18)29-14-30-22)5-4-10-28-23(32)19-12-27-15-31(24(19)33)13-17-6-2-3-7-20(17)25/h4,6-14,16-18,21H,15,19-20H2,1-2H3,(H,36,41);2-3,6-9,11-12,14-15H,10,13H2,1H3,(H,28,32)(H,26,29,30). The first-order valence-electron chi connectivity index (χ1n) is 23.4. The van der Waals surface area contributed by atoms with E-state index in [0.29, 0.717) is 29.1 Å². The number of nitrogens with one attached hydrogen (secondary N) is 3. The molecule has 0 bridgehead atoms. The average molecular weight is 1020 g/mol. The molecule has 0 unspecified atom stereocenters. The van der Waals surface area contributed by atoms with E-state index in [9.17, 15) is 32.3 Å². The second-order valence-corrected chi connectivity index (χ2v) is 16.7. The Balaban J connectivity index is 0.000000209. The van der Waals surface area contributed by atoms with E-state index < -0.39 is 40.4 Å². The molecule has 19 heteroatoms. The number of hydrogen-bond acceptors (Lipinski definition) is 12. The maximum atomic E-state index is 13.9. The SMILES string of the molecule is CNc1ncnc2ccc(C#CCNC(=O)c3cncn(Cc4ccccc4F)c3=O)cc12.COc1ccc(CN(C)c2ncnc3ccc(C#CCNC(=O)c4cccn(Cc5ccc(F)c(F)c5)c4=O)cc23)cc1. The molecule has 0 radical (unpaired) electrons. The van der Waals surface area contributed by atoms with Gasteiger partial charge in [-0.2, -0.15) is 0 Å². The number of fused-ring (bicyclic) bond motifs is 2. The van der Waals surface area contributed by atoms with Crippen LogP contribution in [-0.4, -0.2) is 80.2 Å². The molecule has 0 aliphatic rings. The molecular weight excluding hydrogens is 976 g/mol. The third-order valence-corrected chi connectivity index (χ3v) is 11.6.